The predicted octanol–water partition coefficient (Wildman–Crippen LogP) is 2.97. The van der Waals surface area contributed by atoms with Gasteiger partial charge in [-0.15, -0.1) is 0 Å². The first-order valence-electron chi connectivity index (χ1n) is 6.15. The average Bonchev–Trinajstić information content (AvgIpc) is 2.34. The molecule has 0 aliphatic heterocycles. The second-order valence-corrected chi connectivity index (χ2v) is 4.98. The van der Waals surface area contributed by atoms with Crippen molar-refractivity contribution < 1.29 is 14.7 Å². The third-order valence-corrected chi connectivity index (χ3v) is 3.34. The first-order valence-corrected chi connectivity index (χ1v) is 6.53. The molecule has 1 aromatic carbocycles. The van der Waals surface area contributed by atoms with E-state index in [-0.39, 0.29) is 18.5 Å². The van der Waals surface area contributed by atoms with Gasteiger partial charge in [0.25, 0.3) is 5.91 Å². The SMILES string of the molecule is CCC(C)N(CC(=O)O)C(=O)c1ccc(Cl)cc1C. The summed E-state index contributed by atoms with van der Waals surface area (Å²) in [6.45, 7) is 5.25. The number of carboxylic acid groups (broad SMARTS) is 1. The maximum Gasteiger partial charge on any atom is 0.323 e. The van der Waals surface area contributed by atoms with Crippen LogP contribution in [0.5, 0.6) is 0 Å². The average molecular weight is 284 g/mol. The van der Waals surface area contributed by atoms with E-state index in [1.165, 1.54) is 4.90 Å². The molecule has 1 aromatic rings. The van der Waals surface area contributed by atoms with Gasteiger partial charge in [0.1, 0.15) is 6.54 Å². The third kappa shape index (κ3) is 3.96. The number of benzene rings is 1. The number of carbonyl (C=O) groups excluding carboxylic acids is 1. The highest BCUT2D eigenvalue weighted by molar-refractivity contribution is 6.30. The summed E-state index contributed by atoms with van der Waals surface area (Å²) in [7, 11) is 0. The zero-order valence-corrected chi connectivity index (χ0v) is 12.1. The number of carbonyl (C=O) groups is 2. The van der Waals surface area contributed by atoms with Gasteiger partial charge in [-0.25, -0.2) is 0 Å². The van der Waals surface area contributed by atoms with E-state index < -0.39 is 5.97 Å². The van der Waals surface area contributed by atoms with E-state index in [1.54, 1.807) is 25.1 Å². The Morgan fingerprint density at radius 3 is 2.53 bits per heavy atom. The lowest BCUT2D eigenvalue weighted by Crippen LogP contribution is -2.42. The maximum absolute atomic E-state index is 12.4. The molecule has 1 amide bonds. The van der Waals surface area contributed by atoms with E-state index in [0.29, 0.717) is 17.0 Å². The monoisotopic (exact) mass is 283 g/mol. The van der Waals surface area contributed by atoms with Crippen molar-refractivity contribution in [1.82, 2.24) is 4.90 Å². The third-order valence-electron chi connectivity index (χ3n) is 3.11. The number of hydrogen-bond acceptors (Lipinski definition) is 2. The fourth-order valence-electron chi connectivity index (χ4n) is 1.82. The minimum Gasteiger partial charge on any atom is -0.480 e. The van der Waals surface area contributed by atoms with Crippen molar-refractivity contribution in [3.8, 4) is 0 Å². The molecule has 0 aliphatic carbocycles. The van der Waals surface area contributed by atoms with Crippen LogP contribution in [-0.2, 0) is 4.79 Å². The highest BCUT2D eigenvalue weighted by Crippen LogP contribution is 2.18. The maximum atomic E-state index is 12.4. The Labute approximate surface area is 118 Å². The fourth-order valence-corrected chi connectivity index (χ4v) is 2.04. The Morgan fingerprint density at radius 2 is 2.05 bits per heavy atom. The van der Waals surface area contributed by atoms with Crippen molar-refractivity contribution in [1.29, 1.82) is 0 Å². The molecule has 1 unspecified atom stereocenters. The van der Waals surface area contributed by atoms with Gasteiger partial charge in [0.05, 0.1) is 0 Å². The smallest absolute Gasteiger partial charge is 0.323 e. The summed E-state index contributed by atoms with van der Waals surface area (Å²) in [5, 5.41) is 9.48. The van der Waals surface area contributed by atoms with Crippen LogP contribution < -0.4 is 0 Å². The Bertz CT molecular complexity index is 488. The standard InChI is InChI=1S/C14H18ClNO3/c1-4-10(3)16(8-13(17)18)14(19)12-6-5-11(15)7-9(12)2/h5-7,10H,4,8H2,1-3H3,(H,17,18). The van der Waals surface area contributed by atoms with Crippen LogP contribution in [0.2, 0.25) is 5.02 Å². The van der Waals surface area contributed by atoms with Crippen molar-refractivity contribution in [2.24, 2.45) is 0 Å². The number of rotatable bonds is 5. The van der Waals surface area contributed by atoms with Crippen molar-refractivity contribution in [3.63, 3.8) is 0 Å². The normalized spacial score (nSPS) is 12.0. The molecule has 0 aliphatic rings. The second-order valence-electron chi connectivity index (χ2n) is 4.54. The number of nitrogens with zero attached hydrogens (tertiary/aromatic N) is 1. The largest absolute Gasteiger partial charge is 0.480 e. The van der Waals surface area contributed by atoms with E-state index in [1.807, 2.05) is 13.8 Å². The van der Waals surface area contributed by atoms with E-state index >= 15 is 0 Å². The van der Waals surface area contributed by atoms with Crippen molar-refractivity contribution in [2.75, 3.05) is 6.54 Å². The lowest BCUT2D eigenvalue weighted by Gasteiger charge is -2.27. The van der Waals surface area contributed by atoms with Crippen LogP contribution in [0.25, 0.3) is 0 Å². The lowest BCUT2D eigenvalue weighted by molar-refractivity contribution is -0.138. The van der Waals surface area contributed by atoms with Gasteiger partial charge >= 0.3 is 5.97 Å². The molecule has 1 rings (SSSR count). The number of aliphatic carboxylic acids is 1. The molecule has 104 valence electrons. The zero-order chi connectivity index (χ0) is 14.6. The molecule has 0 radical (unpaired) electrons. The highest BCUT2D eigenvalue weighted by Gasteiger charge is 2.23. The van der Waals surface area contributed by atoms with E-state index in [2.05, 4.69) is 0 Å². The molecule has 0 bridgehead atoms. The van der Waals surface area contributed by atoms with Gasteiger partial charge in [0, 0.05) is 16.6 Å². The Balaban J connectivity index is 3.08. The second kappa shape index (κ2) is 6.57. The molecular weight excluding hydrogens is 266 g/mol. The van der Waals surface area contributed by atoms with E-state index in [9.17, 15) is 9.59 Å². The Kier molecular flexibility index (Phi) is 5.36. The molecule has 1 N–H and O–H groups in total. The minimum atomic E-state index is -1.01. The summed E-state index contributed by atoms with van der Waals surface area (Å²) in [5.41, 5.74) is 1.24. The molecule has 5 heteroatoms. The first kappa shape index (κ1) is 15.5. The first-order chi connectivity index (χ1) is 8.86. The summed E-state index contributed by atoms with van der Waals surface area (Å²) in [4.78, 5) is 24.7. The van der Waals surface area contributed by atoms with Gasteiger partial charge in [-0.3, -0.25) is 9.59 Å². The van der Waals surface area contributed by atoms with Crippen LogP contribution in [0, 0.1) is 6.92 Å². The molecule has 0 saturated carbocycles. The van der Waals surface area contributed by atoms with Gasteiger partial charge < -0.3 is 10.0 Å². The molecule has 1 atom stereocenters. The highest BCUT2D eigenvalue weighted by atomic mass is 35.5. The predicted molar refractivity (Wildman–Crippen MR) is 74.6 cm³/mol. The lowest BCUT2D eigenvalue weighted by atomic mass is 10.1. The quantitative estimate of drug-likeness (QED) is 0.904. The number of amides is 1. The summed E-state index contributed by atoms with van der Waals surface area (Å²) in [5.74, 6) is -1.29. The number of hydrogen-bond donors (Lipinski definition) is 1. The van der Waals surface area contributed by atoms with Gasteiger partial charge in [-0.05, 0) is 44.0 Å². The summed E-state index contributed by atoms with van der Waals surface area (Å²) < 4.78 is 0. The minimum absolute atomic E-state index is 0.126. The van der Waals surface area contributed by atoms with Crippen molar-refractivity contribution in [2.45, 2.75) is 33.2 Å². The number of aryl methyl sites for hydroxylation is 1. The molecule has 0 saturated heterocycles. The molecule has 0 heterocycles. The topological polar surface area (TPSA) is 57.6 Å². The summed E-state index contributed by atoms with van der Waals surface area (Å²) in [6, 6.07) is 4.84. The molecule has 19 heavy (non-hydrogen) atoms. The molecular formula is C14H18ClNO3. The molecule has 0 spiro atoms. The van der Waals surface area contributed by atoms with Crippen LogP contribution in [0.3, 0.4) is 0 Å². The Hall–Kier alpha value is -1.55. The Morgan fingerprint density at radius 1 is 1.42 bits per heavy atom. The summed E-state index contributed by atoms with van der Waals surface area (Å²) in [6.07, 6.45) is 0.700. The van der Waals surface area contributed by atoms with Crippen LogP contribution in [0.15, 0.2) is 18.2 Å². The zero-order valence-electron chi connectivity index (χ0n) is 11.3. The van der Waals surface area contributed by atoms with Gasteiger partial charge in [-0.1, -0.05) is 18.5 Å². The van der Waals surface area contributed by atoms with Crippen LogP contribution in [0.1, 0.15) is 36.2 Å². The van der Waals surface area contributed by atoms with Gasteiger partial charge in [0.2, 0.25) is 0 Å². The summed E-state index contributed by atoms with van der Waals surface area (Å²) >= 11 is 5.86. The molecule has 4 nitrogen and oxygen atoms in total. The van der Waals surface area contributed by atoms with Crippen LogP contribution in [0.4, 0.5) is 0 Å². The molecule has 0 aromatic heterocycles. The van der Waals surface area contributed by atoms with Crippen LogP contribution in [-0.4, -0.2) is 34.5 Å². The van der Waals surface area contributed by atoms with Gasteiger partial charge in [0.15, 0.2) is 0 Å². The van der Waals surface area contributed by atoms with Gasteiger partial charge in [-0.2, -0.15) is 0 Å². The van der Waals surface area contributed by atoms with Crippen molar-refractivity contribution in [3.05, 3.63) is 34.3 Å². The van der Waals surface area contributed by atoms with Crippen molar-refractivity contribution >= 4 is 23.5 Å². The van der Waals surface area contributed by atoms with E-state index in [0.717, 1.165) is 5.56 Å². The van der Waals surface area contributed by atoms with E-state index in [4.69, 9.17) is 16.7 Å². The van der Waals surface area contributed by atoms with Crippen LogP contribution >= 0.6 is 11.6 Å². The number of carboxylic acids is 1. The fraction of sp³-hybridized carbons (Fsp3) is 0.429. The molecule has 0 fully saturated rings. The number of halogens is 1.